The maximum Gasteiger partial charge on any atom is 0.0698 e. The molecule has 17 heavy (non-hydrogen) atoms. The average Bonchev–Trinajstić information content (AvgIpc) is 2.30. The Kier molecular flexibility index (Phi) is 6.85. The van der Waals surface area contributed by atoms with Crippen LogP contribution >= 0.6 is 23.2 Å². The molecule has 5 heteroatoms. The van der Waals surface area contributed by atoms with Crippen molar-refractivity contribution in [3.8, 4) is 0 Å². The molecule has 3 nitrogen and oxygen atoms in total. The van der Waals surface area contributed by atoms with Crippen molar-refractivity contribution in [1.29, 1.82) is 0 Å². The molecule has 0 saturated carbocycles. The van der Waals surface area contributed by atoms with Crippen molar-refractivity contribution in [2.45, 2.75) is 6.54 Å². The molecular weight excluding hydrogens is 261 g/mol. The Morgan fingerprint density at radius 2 is 2.00 bits per heavy atom. The highest BCUT2D eigenvalue weighted by Crippen LogP contribution is 2.22. The maximum absolute atomic E-state index is 8.56. The lowest BCUT2D eigenvalue weighted by atomic mass is 10.2. The first-order valence-corrected chi connectivity index (χ1v) is 6.20. The Morgan fingerprint density at radius 1 is 1.24 bits per heavy atom. The van der Waals surface area contributed by atoms with E-state index in [1.807, 2.05) is 19.2 Å². The quantitative estimate of drug-likeness (QED) is 0.778. The van der Waals surface area contributed by atoms with E-state index in [-0.39, 0.29) is 6.61 Å². The van der Waals surface area contributed by atoms with Crippen LogP contribution in [0.4, 0.5) is 0 Å². The molecule has 0 radical (unpaired) electrons. The predicted octanol–water partition coefficient (Wildman–Crippen LogP) is 2.43. The smallest absolute Gasteiger partial charge is 0.0698 e. The molecule has 1 rings (SSSR count). The molecule has 0 saturated heterocycles. The summed E-state index contributed by atoms with van der Waals surface area (Å²) in [4.78, 5) is 2.12. The lowest BCUT2D eigenvalue weighted by molar-refractivity contribution is 0.0773. The summed E-state index contributed by atoms with van der Waals surface area (Å²) in [5.74, 6) is 0. The standard InChI is InChI=1S/C12H17Cl2NO2/c1-15(4-6-17-7-5-16)9-10-2-3-11(13)12(14)8-10/h2-3,8,16H,4-7,9H2,1H3. The summed E-state index contributed by atoms with van der Waals surface area (Å²) in [6.07, 6.45) is 0. The molecule has 0 heterocycles. The predicted molar refractivity (Wildman–Crippen MR) is 70.7 cm³/mol. The van der Waals surface area contributed by atoms with Gasteiger partial charge in [0.15, 0.2) is 0 Å². The van der Waals surface area contributed by atoms with Crippen LogP contribution in [0.3, 0.4) is 0 Å². The molecule has 1 aromatic carbocycles. The van der Waals surface area contributed by atoms with Crippen LogP contribution in [-0.2, 0) is 11.3 Å². The van der Waals surface area contributed by atoms with Gasteiger partial charge in [-0.25, -0.2) is 0 Å². The molecule has 0 unspecified atom stereocenters. The first-order chi connectivity index (χ1) is 8.13. The van der Waals surface area contributed by atoms with Gasteiger partial charge in [0.2, 0.25) is 0 Å². The van der Waals surface area contributed by atoms with Gasteiger partial charge in [-0.05, 0) is 24.7 Å². The third-order valence-corrected chi connectivity index (χ3v) is 3.03. The van der Waals surface area contributed by atoms with Gasteiger partial charge >= 0.3 is 0 Å². The molecule has 1 aromatic rings. The van der Waals surface area contributed by atoms with Crippen LogP contribution in [0.5, 0.6) is 0 Å². The molecule has 0 aliphatic rings. The van der Waals surface area contributed by atoms with E-state index in [1.165, 1.54) is 0 Å². The van der Waals surface area contributed by atoms with Crippen LogP contribution in [0.2, 0.25) is 10.0 Å². The zero-order valence-corrected chi connectivity index (χ0v) is 11.3. The molecule has 0 aliphatic carbocycles. The topological polar surface area (TPSA) is 32.7 Å². The molecule has 0 amide bonds. The largest absolute Gasteiger partial charge is 0.394 e. The van der Waals surface area contributed by atoms with Gasteiger partial charge in [0.1, 0.15) is 0 Å². The van der Waals surface area contributed by atoms with Gasteiger partial charge in [0.05, 0.1) is 29.9 Å². The second-order valence-corrected chi connectivity index (χ2v) is 4.64. The number of aliphatic hydroxyl groups is 1. The van der Waals surface area contributed by atoms with E-state index in [1.54, 1.807) is 6.07 Å². The Balaban J connectivity index is 2.34. The highest BCUT2D eigenvalue weighted by molar-refractivity contribution is 6.42. The van der Waals surface area contributed by atoms with Crippen molar-refractivity contribution >= 4 is 23.2 Å². The van der Waals surface area contributed by atoms with Crippen LogP contribution in [0, 0.1) is 0 Å². The van der Waals surface area contributed by atoms with Gasteiger partial charge in [0.25, 0.3) is 0 Å². The highest BCUT2D eigenvalue weighted by Gasteiger charge is 2.03. The molecule has 0 atom stereocenters. The lowest BCUT2D eigenvalue weighted by Crippen LogP contribution is -2.23. The monoisotopic (exact) mass is 277 g/mol. The number of nitrogens with zero attached hydrogens (tertiary/aromatic N) is 1. The molecule has 0 aromatic heterocycles. The first kappa shape index (κ1) is 14.7. The van der Waals surface area contributed by atoms with Crippen molar-refractivity contribution in [2.75, 3.05) is 33.4 Å². The van der Waals surface area contributed by atoms with Crippen LogP contribution in [0.15, 0.2) is 18.2 Å². The normalized spacial score (nSPS) is 11.1. The summed E-state index contributed by atoms with van der Waals surface area (Å²) in [5, 5.41) is 9.71. The molecule has 96 valence electrons. The van der Waals surface area contributed by atoms with Crippen molar-refractivity contribution in [3.63, 3.8) is 0 Å². The van der Waals surface area contributed by atoms with Gasteiger partial charge in [-0.3, -0.25) is 4.90 Å². The minimum atomic E-state index is 0.0660. The lowest BCUT2D eigenvalue weighted by Gasteiger charge is -2.16. The Bertz CT molecular complexity index is 347. The van der Waals surface area contributed by atoms with E-state index in [9.17, 15) is 0 Å². The maximum atomic E-state index is 8.56. The van der Waals surface area contributed by atoms with E-state index < -0.39 is 0 Å². The van der Waals surface area contributed by atoms with Gasteiger partial charge in [-0.2, -0.15) is 0 Å². The summed E-state index contributed by atoms with van der Waals surface area (Å²) >= 11 is 11.8. The van der Waals surface area contributed by atoms with E-state index in [0.717, 1.165) is 18.7 Å². The van der Waals surface area contributed by atoms with Crippen LogP contribution < -0.4 is 0 Å². The number of ether oxygens (including phenoxy) is 1. The van der Waals surface area contributed by atoms with Crippen LogP contribution in [0.25, 0.3) is 0 Å². The summed E-state index contributed by atoms with van der Waals surface area (Å²) in [6.45, 7) is 2.66. The summed E-state index contributed by atoms with van der Waals surface area (Å²) < 4.78 is 5.20. The fraction of sp³-hybridized carbons (Fsp3) is 0.500. The Labute approximate surface area is 112 Å². The molecule has 1 N–H and O–H groups in total. The molecule has 0 bridgehead atoms. The number of likely N-dealkylation sites (N-methyl/N-ethyl adjacent to an activating group) is 1. The molecular formula is C12H17Cl2NO2. The van der Waals surface area contributed by atoms with Gasteiger partial charge in [-0.1, -0.05) is 29.3 Å². The summed E-state index contributed by atoms with van der Waals surface area (Å²) in [7, 11) is 2.00. The third-order valence-electron chi connectivity index (χ3n) is 2.29. The summed E-state index contributed by atoms with van der Waals surface area (Å²) in [5.41, 5.74) is 1.11. The highest BCUT2D eigenvalue weighted by atomic mass is 35.5. The van der Waals surface area contributed by atoms with Crippen LogP contribution in [-0.4, -0.2) is 43.4 Å². The van der Waals surface area contributed by atoms with E-state index in [0.29, 0.717) is 23.3 Å². The Hall–Kier alpha value is -0.320. The van der Waals surface area contributed by atoms with E-state index in [2.05, 4.69) is 4.90 Å². The van der Waals surface area contributed by atoms with E-state index in [4.69, 9.17) is 33.0 Å². The first-order valence-electron chi connectivity index (χ1n) is 5.44. The molecule has 0 fully saturated rings. The second-order valence-electron chi connectivity index (χ2n) is 3.82. The minimum absolute atomic E-state index is 0.0660. The van der Waals surface area contributed by atoms with Gasteiger partial charge in [0, 0.05) is 13.1 Å². The zero-order chi connectivity index (χ0) is 12.7. The minimum Gasteiger partial charge on any atom is -0.394 e. The fourth-order valence-corrected chi connectivity index (χ4v) is 1.74. The number of hydrogen-bond donors (Lipinski definition) is 1. The van der Waals surface area contributed by atoms with E-state index >= 15 is 0 Å². The molecule has 0 spiro atoms. The zero-order valence-electron chi connectivity index (χ0n) is 9.83. The average molecular weight is 278 g/mol. The van der Waals surface area contributed by atoms with Gasteiger partial charge < -0.3 is 9.84 Å². The fourth-order valence-electron chi connectivity index (χ4n) is 1.42. The number of hydrogen-bond acceptors (Lipinski definition) is 3. The van der Waals surface area contributed by atoms with Crippen LogP contribution in [0.1, 0.15) is 5.56 Å². The third kappa shape index (κ3) is 5.70. The molecule has 0 aliphatic heterocycles. The Morgan fingerprint density at radius 3 is 2.65 bits per heavy atom. The number of rotatable bonds is 7. The number of aliphatic hydroxyl groups excluding tert-OH is 1. The van der Waals surface area contributed by atoms with Crippen molar-refractivity contribution in [3.05, 3.63) is 33.8 Å². The van der Waals surface area contributed by atoms with Crippen molar-refractivity contribution < 1.29 is 9.84 Å². The summed E-state index contributed by atoms with van der Waals surface area (Å²) in [6, 6.07) is 5.63. The number of benzene rings is 1. The van der Waals surface area contributed by atoms with Crippen molar-refractivity contribution in [2.24, 2.45) is 0 Å². The van der Waals surface area contributed by atoms with Gasteiger partial charge in [-0.15, -0.1) is 0 Å². The second kappa shape index (κ2) is 7.90. The van der Waals surface area contributed by atoms with Crippen molar-refractivity contribution in [1.82, 2.24) is 4.90 Å². The number of halogens is 2. The SMILES string of the molecule is CN(CCOCCO)Cc1ccc(Cl)c(Cl)c1.